The van der Waals surface area contributed by atoms with E-state index in [9.17, 15) is 4.39 Å². The van der Waals surface area contributed by atoms with E-state index in [1.54, 1.807) is 17.4 Å². The van der Waals surface area contributed by atoms with E-state index in [1.165, 1.54) is 17.0 Å². The standard InChI is InChI=1S/C12H12BrFN2S/c1-7-8(2)17-12(16-7)15-6-9-5-10(14)3-4-11(9)13/h3-5H,6H2,1-2H3,(H,15,16). The third-order valence-corrected chi connectivity index (χ3v) is 4.27. The van der Waals surface area contributed by atoms with Crippen LogP contribution in [0.3, 0.4) is 0 Å². The number of benzene rings is 1. The van der Waals surface area contributed by atoms with E-state index in [0.717, 1.165) is 20.9 Å². The van der Waals surface area contributed by atoms with E-state index in [2.05, 4.69) is 26.2 Å². The van der Waals surface area contributed by atoms with E-state index >= 15 is 0 Å². The Morgan fingerprint density at radius 1 is 1.41 bits per heavy atom. The van der Waals surface area contributed by atoms with Gasteiger partial charge in [-0.15, -0.1) is 11.3 Å². The van der Waals surface area contributed by atoms with Gasteiger partial charge in [-0.2, -0.15) is 0 Å². The van der Waals surface area contributed by atoms with Gasteiger partial charge < -0.3 is 5.32 Å². The van der Waals surface area contributed by atoms with Crippen molar-refractivity contribution < 1.29 is 4.39 Å². The van der Waals surface area contributed by atoms with E-state index in [-0.39, 0.29) is 5.82 Å². The number of thiazole rings is 1. The minimum absolute atomic E-state index is 0.225. The number of aryl methyl sites for hydroxylation is 2. The molecule has 0 aliphatic carbocycles. The molecule has 0 radical (unpaired) electrons. The summed E-state index contributed by atoms with van der Waals surface area (Å²) in [6.07, 6.45) is 0. The van der Waals surface area contributed by atoms with Crippen molar-refractivity contribution in [2.45, 2.75) is 20.4 Å². The first-order valence-corrected chi connectivity index (χ1v) is 6.79. The minimum atomic E-state index is -0.225. The number of hydrogen-bond acceptors (Lipinski definition) is 3. The maximum atomic E-state index is 13.1. The van der Waals surface area contributed by atoms with Crippen LogP contribution in [0.4, 0.5) is 9.52 Å². The van der Waals surface area contributed by atoms with Crippen LogP contribution in [0, 0.1) is 19.7 Å². The highest BCUT2D eigenvalue weighted by atomic mass is 79.9. The zero-order valence-corrected chi connectivity index (χ0v) is 12.0. The maximum absolute atomic E-state index is 13.1. The summed E-state index contributed by atoms with van der Waals surface area (Å²) in [5.41, 5.74) is 1.92. The Balaban J connectivity index is 2.09. The van der Waals surface area contributed by atoms with Crippen LogP contribution in [-0.2, 0) is 6.54 Å². The lowest BCUT2D eigenvalue weighted by molar-refractivity contribution is 0.625. The van der Waals surface area contributed by atoms with Gasteiger partial charge in [0.25, 0.3) is 0 Å². The van der Waals surface area contributed by atoms with Crippen molar-refractivity contribution in [1.29, 1.82) is 0 Å². The van der Waals surface area contributed by atoms with Crippen LogP contribution < -0.4 is 5.32 Å². The van der Waals surface area contributed by atoms with Gasteiger partial charge in [-0.1, -0.05) is 15.9 Å². The van der Waals surface area contributed by atoms with Crippen molar-refractivity contribution in [2.24, 2.45) is 0 Å². The van der Waals surface area contributed by atoms with Crippen LogP contribution in [0.15, 0.2) is 22.7 Å². The quantitative estimate of drug-likeness (QED) is 0.915. The molecule has 1 aromatic heterocycles. The van der Waals surface area contributed by atoms with E-state index in [1.807, 2.05) is 13.8 Å². The van der Waals surface area contributed by atoms with Gasteiger partial charge in [0.1, 0.15) is 5.82 Å². The van der Waals surface area contributed by atoms with Gasteiger partial charge in [0.15, 0.2) is 5.13 Å². The predicted octanol–water partition coefficient (Wildman–Crippen LogP) is 4.27. The van der Waals surface area contributed by atoms with Gasteiger partial charge in [-0.3, -0.25) is 0 Å². The number of nitrogens with zero attached hydrogens (tertiary/aromatic N) is 1. The second-order valence-corrected chi connectivity index (χ2v) is 5.81. The molecule has 2 aromatic rings. The fraction of sp³-hybridized carbons (Fsp3) is 0.250. The van der Waals surface area contributed by atoms with Gasteiger partial charge >= 0.3 is 0 Å². The number of anilines is 1. The fourth-order valence-corrected chi connectivity index (χ4v) is 2.60. The molecule has 0 fully saturated rings. The number of nitrogens with one attached hydrogen (secondary N) is 1. The number of rotatable bonds is 3. The topological polar surface area (TPSA) is 24.9 Å². The second-order valence-electron chi connectivity index (χ2n) is 3.75. The normalized spacial score (nSPS) is 10.6. The zero-order chi connectivity index (χ0) is 12.4. The van der Waals surface area contributed by atoms with E-state index < -0.39 is 0 Å². The first kappa shape index (κ1) is 12.5. The van der Waals surface area contributed by atoms with Gasteiger partial charge in [0.2, 0.25) is 0 Å². The van der Waals surface area contributed by atoms with Gasteiger partial charge in [-0.05, 0) is 37.6 Å². The lowest BCUT2D eigenvalue weighted by atomic mass is 10.2. The number of halogens is 2. The molecule has 0 aliphatic rings. The van der Waals surface area contributed by atoms with E-state index in [0.29, 0.717) is 6.54 Å². The molecule has 90 valence electrons. The first-order chi connectivity index (χ1) is 8.06. The molecular formula is C12H12BrFN2S. The number of aromatic nitrogens is 1. The highest BCUT2D eigenvalue weighted by Crippen LogP contribution is 2.23. The Kier molecular flexibility index (Phi) is 3.79. The molecule has 0 spiro atoms. The summed E-state index contributed by atoms with van der Waals surface area (Å²) in [5, 5.41) is 4.07. The average Bonchev–Trinajstić information content (AvgIpc) is 2.60. The summed E-state index contributed by atoms with van der Waals surface area (Å²) >= 11 is 5.01. The first-order valence-electron chi connectivity index (χ1n) is 5.18. The second kappa shape index (κ2) is 5.14. The molecule has 17 heavy (non-hydrogen) atoms. The monoisotopic (exact) mass is 314 g/mol. The molecule has 1 heterocycles. The summed E-state index contributed by atoms with van der Waals surface area (Å²) in [4.78, 5) is 5.58. The molecule has 2 rings (SSSR count). The molecule has 1 aromatic carbocycles. The molecule has 2 nitrogen and oxygen atoms in total. The Hall–Kier alpha value is -0.940. The lowest BCUT2D eigenvalue weighted by Crippen LogP contribution is -2.00. The fourth-order valence-electron chi connectivity index (χ4n) is 1.40. The van der Waals surface area contributed by atoms with Crippen molar-refractivity contribution in [3.63, 3.8) is 0 Å². The van der Waals surface area contributed by atoms with Crippen LogP contribution in [0.1, 0.15) is 16.1 Å². The molecule has 1 N–H and O–H groups in total. The Bertz CT molecular complexity index is 520. The zero-order valence-electron chi connectivity index (χ0n) is 9.55. The average molecular weight is 315 g/mol. The number of hydrogen-bond donors (Lipinski definition) is 1. The third kappa shape index (κ3) is 3.04. The summed E-state index contributed by atoms with van der Waals surface area (Å²) < 4.78 is 14.0. The molecular weight excluding hydrogens is 303 g/mol. The van der Waals surface area contributed by atoms with E-state index in [4.69, 9.17) is 0 Å². The SMILES string of the molecule is Cc1nc(NCc2cc(F)ccc2Br)sc1C. The largest absolute Gasteiger partial charge is 0.357 e. The molecule has 0 amide bonds. The Morgan fingerprint density at radius 2 is 2.18 bits per heavy atom. The molecule has 0 bridgehead atoms. The summed E-state index contributed by atoms with van der Waals surface area (Å²) in [7, 11) is 0. The third-order valence-electron chi connectivity index (χ3n) is 2.47. The van der Waals surface area contributed by atoms with Gasteiger partial charge in [0, 0.05) is 15.9 Å². The molecule has 0 atom stereocenters. The van der Waals surface area contributed by atoms with Crippen LogP contribution >= 0.6 is 27.3 Å². The summed E-state index contributed by atoms with van der Waals surface area (Å²) in [5.74, 6) is -0.225. The summed E-state index contributed by atoms with van der Waals surface area (Å²) in [6, 6.07) is 4.67. The molecule has 0 unspecified atom stereocenters. The minimum Gasteiger partial charge on any atom is -0.357 e. The van der Waals surface area contributed by atoms with Crippen molar-refractivity contribution >= 4 is 32.4 Å². The van der Waals surface area contributed by atoms with Crippen molar-refractivity contribution in [1.82, 2.24) is 4.98 Å². The smallest absolute Gasteiger partial charge is 0.183 e. The van der Waals surface area contributed by atoms with Gasteiger partial charge in [-0.25, -0.2) is 9.37 Å². The Morgan fingerprint density at radius 3 is 2.82 bits per heavy atom. The highest BCUT2D eigenvalue weighted by Gasteiger charge is 2.05. The Labute approximate surface area is 112 Å². The lowest BCUT2D eigenvalue weighted by Gasteiger charge is -2.05. The van der Waals surface area contributed by atoms with Crippen molar-refractivity contribution in [3.8, 4) is 0 Å². The highest BCUT2D eigenvalue weighted by molar-refractivity contribution is 9.10. The predicted molar refractivity (Wildman–Crippen MR) is 73.0 cm³/mol. The van der Waals surface area contributed by atoms with Crippen molar-refractivity contribution in [2.75, 3.05) is 5.32 Å². The molecule has 5 heteroatoms. The molecule has 0 aliphatic heterocycles. The molecule has 0 saturated carbocycles. The van der Waals surface area contributed by atoms with Crippen LogP contribution in [0.5, 0.6) is 0 Å². The van der Waals surface area contributed by atoms with Crippen LogP contribution in [-0.4, -0.2) is 4.98 Å². The van der Waals surface area contributed by atoms with Crippen LogP contribution in [0.25, 0.3) is 0 Å². The maximum Gasteiger partial charge on any atom is 0.183 e. The summed E-state index contributed by atoms with van der Waals surface area (Å²) in [6.45, 7) is 4.58. The van der Waals surface area contributed by atoms with Crippen molar-refractivity contribution in [3.05, 3.63) is 44.6 Å². The molecule has 0 saturated heterocycles. The van der Waals surface area contributed by atoms with Gasteiger partial charge in [0.05, 0.1) is 5.69 Å². The van der Waals surface area contributed by atoms with Crippen LogP contribution in [0.2, 0.25) is 0 Å².